The molecule has 1 heterocycles. The second-order valence-electron chi connectivity index (χ2n) is 12.3. The monoisotopic (exact) mass is 534 g/mol. The molecule has 0 unspecified atom stereocenters. The number of hydrogen-bond acceptors (Lipinski definition) is 6. The third-order valence-electron chi connectivity index (χ3n) is 10.0. The highest BCUT2D eigenvalue weighted by Gasteiger charge is 2.58. The number of carbonyl (C=O) groups is 1. The Morgan fingerprint density at radius 2 is 1.92 bits per heavy atom. The van der Waals surface area contributed by atoms with Crippen LogP contribution in [0.5, 0.6) is 11.5 Å². The maximum absolute atomic E-state index is 12.5. The van der Waals surface area contributed by atoms with Gasteiger partial charge in [0.15, 0.2) is 0 Å². The standard InChI is InChI=1S/C32H42N2O5/c1-32-20-28(31-25-11-7-23(35)19-21(25)4-10-26(31)27(32)12-13-29(32)36)39-24-8-5-22(6-9-24)33-30(37)3-2-14-34-15-17-38-18-16-34/h5-9,11,19,26-29,31,35-36H,2-4,10,12-18,20H2,1H3,(H,33,37)/t26-,27-,28-,29-,31+,32-/m0/s1. The first-order valence-electron chi connectivity index (χ1n) is 14.8. The Bertz CT molecular complexity index is 1160. The highest BCUT2D eigenvalue weighted by atomic mass is 16.5. The first-order valence-corrected chi connectivity index (χ1v) is 14.8. The predicted octanol–water partition coefficient (Wildman–Crippen LogP) is 4.72. The largest absolute Gasteiger partial charge is 0.508 e. The van der Waals surface area contributed by atoms with Gasteiger partial charge in [-0.3, -0.25) is 9.69 Å². The number of hydrogen-bond donors (Lipinski definition) is 3. The number of amides is 1. The van der Waals surface area contributed by atoms with Crippen molar-refractivity contribution in [3.63, 3.8) is 0 Å². The van der Waals surface area contributed by atoms with Crippen molar-refractivity contribution in [3.8, 4) is 11.5 Å². The molecule has 2 aromatic rings. The van der Waals surface area contributed by atoms with Crippen LogP contribution in [0.25, 0.3) is 0 Å². The van der Waals surface area contributed by atoms with Crippen molar-refractivity contribution in [3.05, 3.63) is 53.6 Å². The summed E-state index contributed by atoms with van der Waals surface area (Å²) >= 11 is 0. The number of phenols is 1. The fourth-order valence-electron chi connectivity index (χ4n) is 8.01. The maximum Gasteiger partial charge on any atom is 0.224 e. The van der Waals surface area contributed by atoms with Crippen molar-refractivity contribution < 1.29 is 24.5 Å². The van der Waals surface area contributed by atoms with E-state index in [2.05, 4.69) is 23.2 Å². The summed E-state index contributed by atoms with van der Waals surface area (Å²) in [5.41, 5.74) is 3.14. The summed E-state index contributed by atoms with van der Waals surface area (Å²) in [6.45, 7) is 6.62. The molecule has 4 aliphatic rings. The second kappa shape index (κ2) is 11.1. The van der Waals surface area contributed by atoms with Crippen LogP contribution in [-0.2, 0) is 16.0 Å². The van der Waals surface area contributed by atoms with Gasteiger partial charge >= 0.3 is 0 Å². The van der Waals surface area contributed by atoms with Crippen LogP contribution in [0.2, 0.25) is 0 Å². The molecule has 210 valence electrons. The Kier molecular flexibility index (Phi) is 7.58. The van der Waals surface area contributed by atoms with E-state index in [9.17, 15) is 15.0 Å². The molecule has 1 aliphatic heterocycles. The van der Waals surface area contributed by atoms with E-state index in [1.165, 1.54) is 11.1 Å². The third kappa shape index (κ3) is 5.41. The minimum Gasteiger partial charge on any atom is -0.508 e. The van der Waals surface area contributed by atoms with Gasteiger partial charge < -0.3 is 25.0 Å². The number of rotatable bonds is 7. The zero-order valence-electron chi connectivity index (χ0n) is 23.0. The van der Waals surface area contributed by atoms with Crippen molar-refractivity contribution >= 4 is 11.6 Å². The molecule has 0 aromatic heterocycles. The summed E-state index contributed by atoms with van der Waals surface area (Å²) in [5, 5.41) is 24.1. The average Bonchev–Trinajstić information content (AvgIpc) is 3.23. The van der Waals surface area contributed by atoms with E-state index in [0.29, 0.717) is 24.0 Å². The number of anilines is 1. The summed E-state index contributed by atoms with van der Waals surface area (Å²) in [4.78, 5) is 14.8. The first kappa shape index (κ1) is 26.6. The molecule has 3 N–H and O–H groups in total. The Balaban J connectivity index is 1.13. The minimum absolute atomic E-state index is 0.0308. The highest BCUT2D eigenvalue weighted by Crippen LogP contribution is 2.61. The fourth-order valence-corrected chi connectivity index (χ4v) is 8.01. The quantitative estimate of drug-likeness (QED) is 0.476. The number of phenolic OH excluding ortho intramolecular Hbond substituents is 1. The molecule has 7 nitrogen and oxygen atoms in total. The molecule has 3 fully saturated rings. The van der Waals surface area contributed by atoms with Gasteiger partial charge in [-0.25, -0.2) is 0 Å². The Morgan fingerprint density at radius 1 is 1.13 bits per heavy atom. The molecule has 2 saturated carbocycles. The van der Waals surface area contributed by atoms with Crippen molar-refractivity contribution in [2.24, 2.45) is 17.3 Å². The summed E-state index contributed by atoms with van der Waals surface area (Å²) in [6.07, 6.45) is 5.73. The fraction of sp³-hybridized carbons (Fsp3) is 0.594. The molecule has 7 heteroatoms. The van der Waals surface area contributed by atoms with E-state index >= 15 is 0 Å². The number of aryl methyl sites for hydroxylation is 1. The zero-order valence-corrected chi connectivity index (χ0v) is 23.0. The number of carbonyl (C=O) groups excluding carboxylic acids is 1. The Labute approximate surface area is 231 Å². The molecular weight excluding hydrogens is 492 g/mol. The van der Waals surface area contributed by atoms with E-state index in [0.717, 1.165) is 82.8 Å². The van der Waals surface area contributed by atoms with Gasteiger partial charge in [0.25, 0.3) is 0 Å². The van der Waals surface area contributed by atoms with E-state index in [1.807, 2.05) is 30.3 Å². The predicted molar refractivity (Wildman–Crippen MR) is 150 cm³/mol. The van der Waals surface area contributed by atoms with E-state index < -0.39 is 0 Å². The lowest BCUT2D eigenvalue weighted by Gasteiger charge is -2.53. The first-order chi connectivity index (χ1) is 18.9. The smallest absolute Gasteiger partial charge is 0.224 e. The average molecular weight is 535 g/mol. The number of ether oxygens (including phenoxy) is 2. The number of nitrogens with zero attached hydrogens (tertiary/aromatic N) is 1. The number of aromatic hydroxyl groups is 1. The van der Waals surface area contributed by atoms with Gasteiger partial charge in [-0.05, 0) is 104 Å². The van der Waals surface area contributed by atoms with Gasteiger partial charge in [-0.2, -0.15) is 0 Å². The molecule has 39 heavy (non-hydrogen) atoms. The SMILES string of the molecule is C[C@]12C[C@H](Oc3ccc(NC(=O)CCCN4CCOCC4)cc3)[C@@H]3c4ccc(O)cc4CC[C@H]3[C@@H]1CC[C@@H]2O. The van der Waals surface area contributed by atoms with Gasteiger partial charge in [0.1, 0.15) is 17.6 Å². The second-order valence-corrected chi connectivity index (χ2v) is 12.3. The van der Waals surface area contributed by atoms with E-state index in [1.54, 1.807) is 6.07 Å². The Hall–Kier alpha value is -2.61. The summed E-state index contributed by atoms with van der Waals surface area (Å²) in [7, 11) is 0. The number of aliphatic hydroxyl groups is 1. The van der Waals surface area contributed by atoms with Crippen LogP contribution in [0.3, 0.4) is 0 Å². The lowest BCUT2D eigenvalue weighted by atomic mass is 9.54. The van der Waals surface area contributed by atoms with Gasteiger partial charge in [-0.15, -0.1) is 0 Å². The van der Waals surface area contributed by atoms with Gasteiger partial charge in [-0.1, -0.05) is 13.0 Å². The number of benzene rings is 2. The van der Waals surface area contributed by atoms with E-state index in [-0.39, 0.29) is 29.4 Å². The molecule has 2 aromatic carbocycles. The lowest BCUT2D eigenvalue weighted by molar-refractivity contribution is -0.116. The topological polar surface area (TPSA) is 91.3 Å². The third-order valence-corrected chi connectivity index (χ3v) is 10.0. The van der Waals surface area contributed by atoms with Gasteiger partial charge in [0.05, 0.1) is 19.3 Å². The molecule has 0 bridgehead atoms. The number of aliphatic hydroxyl groups excluding tert-OH is 1. The molecule has 0 spiro atoms. The van der Waals surface area contributed by atoms with Crippen LogP contribution in [0, 0.1) is 17.3 Å². The van der Waals surface area contributed by atoms with Gasteiger partial charge in [0.2, 0.25) is 5.91 Å². The van der Waals surface area contributed by atoms with E-state index in [4.69, 9.17) is 9.47 Å². The van der Waals surface area contributed by atoms with Crippen molar-refractivity contribution in [1.29, 1.82) is 0 Å². The van der Waals surface area contributed by atoms with Crippen LogP contribution in [-0.4, -0.2) is 66.1 Å². The number of fused-ring (bicyclic) bond motifs is 5. The molecule has 1 amide bonds. The zero-order chi connectivity index (χ0) is 27.0. The van der Waals surface area contributed by atoms with Crippen LogP contribution < -0.4 is 10.1 Å². The highest BCUT2D eigenvalue weighted by molar-refractivity contribution is 5.90. The van der Waals surface area contributed by atoms with Crippen LogP contribution in [0.15, 0.2) is 42.5 Å². The van der Waals surface area contributed by atoms with Crippen LogP contribution >= 0.6 is 0 Å². The summed E-state index contributed by atoms with van der Waals surface area (Å²) in [5.74, 6) is 2.32. The molecule has 0 radical (unpaired) electrons. The van der Waals surface area contributed by atoms with Crippen LogP contribution in [0.1, 0.15) is 62.5 Å². The van der Waals surface area contributed by atoms with Crippen LogP contribution in [0.4, 0.5) is 5.69 Å². The lowest BCUT2D eigenvalue weighted by Crippen LogP contribution is -2.51. The van der Waals surface area contributed by atoms with Crippen molar-refractivity contribution in [2.75, 3.05) is 38.2 Å². The number of nitrogens with one attached hydrogen (secondary N) is 1. The minimum atomic E-state index is -0.295. The molecular formula is C32H42N2O5. The summed E-state index contributed by atoms with van der Waals surface area (Å²) in [6, 6.07) is 13.5. The maximum atomic E-state index is 12.5. The molecule has 3 aliphatic carbocycles. The van der Waals surface area contributed by atoms with Gasteiger partial charge in [0, 0.05) is 36.5 Å². The number of morpholine rings is 1. The summed E-state index contributed by atoms with van der Waals surface area (Å²) < 4.78 is 12.1. The Morgan fingerprint density at radius 3 is 2.72 bits per heavy atom. The molecule has 6 atom stereocenters. The molecule has 6 rings (SSSR count). The van der Waals surface area contributed by atoms with Crippen molar-refractivity contribution in [1.82, 2.24) is 4.90 Å². The normalized spacial score (nSPS) is 32.1. The van der Waals surface area contributed by atoms with Crippen molar-refractivity contribution in [2.45, 2.75) is 70.0 Å². The molecule has 1 saturated heterocycles.